The van der Waals surface area contributed by atoms with Crippen LogP contribution in [0.25, 0.3) is 0 Å². The van der Waals surface area contributed by atoms with E-state index in [0.717, 1.165) is 24.7 Å². The number of carbonyl (C=O) groups is 2. The van der Waals surface area contributed by atoms with Crippen molar-refractivity contribution in [1.29, 1.82) is 5.26 Å². The number of hydrogen-bond acceptors (Lipinski definition) is 9. The second kappa shape index (κ2) is 14.1. The Balaban J connectivity index is 1.16. The number of esters is 1. The lowest BCUT2D eigenvalue weighted by Crippen LogP contribution is -2.33. The van der Waals surface area contributed by atoms with Crippen molar-refractivity contribution in [3.8, 4) is 23.4 Å². The van der Waals surface area contributed by atoms with Gasteiger partial charge in [0.1, 0.15) is 12.4 Å². The molecule has 5 rings (SSSR count). The van der Waals surface area contributed by atoms with Gasteiger partial charge in [-0.05, 0) is 66.6 Å². The van der Waals surface area contributed by atoms with Gasteiger partial charge < -0.3 is 29.6 Å². The van der Waals surface area contributed by atoms with Crippen molar-refractivity contribution in [3.05, 3.63) is 107 Å². The van der Waals surface area contributed by atoms with E-state index in [1.165, 1.54) is 19.2 Å². The summed E-state index contributed by atoms with van der Waals surface area (Å²) in [6.45, 7) is 1.28. The van der Waals surface area contributed by atoms with Crippen LogP contribution in [0.1, 0.15) is 33.6 Å². The Morgan fingerprint density at radius 1 is 1.07 bits per heavy atom. The predicted octanol–water partition coefficient (Wildman–Crippen LogP) is 5.63. The molecule has 4 aromatic rings. The molecule has 0 aliphatic carbocycles. The Morgan fingerprint density at radius 3 is 2.59 bits per heavy atom. The number of anilines is 2. The van der Waals surface area contributed by atoms with Gasteiger partial charge in [0.25, 0.3) is 0 Å². The van der Waals surface area contributed by atoms with Crippen LogP contribution in [-0.4, -0.2) is 43.2 Å². The number of nitriles is 1. The third-order valence-electron chi connectivity index (χ3n) is 6.76. The molecule has 1 saturated heterocycles. The molecule has 44 heavy (non-hydrogen) atoms. The molecule has 1 aliphatic rings. The van der Waals surface area contributed by atoms with E-state index in [0.29, 0.717) is 40.8 Å². The third kappa shape index (κ3) is 7.87. The van der Waals surface area contributed by atoms with Gasteiger partial charge in [-0.25, -0.2) is 14.2 Å². The first kappa shape index (κ1) is 30.0. The fourth-order valence-corrected chi connectivity index (χ4v) is 4.32. The van der Waals surface area contributed by atoms with Gasteiger partial charge in [0, 0.05) is 19.2 Å². The summed E-state index contributed by atoms with van der Waals surface area (Å²) in [7, 11) is 1.32. The number of carbonyl (C=O) groups excluding carboxylic acids is 2. The number of amides is 1. The van der Waals surface area contributed by atoms with Crippen molar-refractivity contribution in [2.45, 2.75) is 25.6 Å². The zero-order chi connectivity index (χ0) is 30.9. The van der Waals surface area contributed by atoms with E-state index in [1.54, 1.807) is 60.7 Å². The Hall–Kier alpha value is -5.47. The number of methoxy groups -OCH3 is 1. The van der Waals surface area contributed by atoms with Gasteiger partial charge in [0.2, 0.25) is 11.8 Å². The summed E-state index contributed by atoms with van der Waals surface area (Å²) in [4.78, 5) is 29.3. The summed E-state index contributed by atoms with van der Waals surface area (Å²) in [5, 5.41) is 15.0. The monoisotopic (exact) mass is 596 g/mol. The summed E-state index contributed by atoms with van der Waals surface area (Å²) in [6, 6.07) is 22.9. The molecule has 1 fully saturated rings. The fraction of sp³-hybridized carbons (Fsp3) is 0.212. The average molecular weight is 597 g/mol. The predicted molar refractivity (Wildman–Crippen MR) is 159 cm³/mol. The topological polar surface area (TPSA) is 132 Å². The van der Waals surface area contributed by atoms with Crippen molar-refractivity contribution < 1.29 is 32.9 Å². The molecule has 1 aliphatic heterocycles. The maximum atomic E-state index is 14.1. The van der Waals surface area contributed by atoms with Crippen molar-refractivity contribution >= 4 is 23.3 Å². The number of benzene rings is 3. The molecule has 1 amide bonds. The second-order valence-corrected chi connectivity index (χ2v) is 9.90. The van der Waals surface area contributed by atoms with Crippen LogP contribution < -0.4 is 20.1 Å². The molecule has 10 nitrogen and oxygen atoms in total. The van der Waals surface area contributed by atoms with Crippen molar-refractivity contribution in [3.63, 3.8) is 0 Å². The quantitative estimate of drug-likeness (QED) is 0.200. The first-order chi connectivity index (χ1) is 21.4. The van der Waals surface area contributed by atoms with E-state index in [4.69, 9.17) is 24.2 Å². The first-order valence-corrected chi connectivity index (χ1v) is 13.8. The van der Waals surface area contributed by atoms with Crippen LogP contribution >= 0.6 is 0 Å². The van der Waals surface area contributed by atoms with Gasteiger partial charge in [-0.2, -0.15) is 5.26 Å². The van der Waals surface area contributed by atoms with Crippen LogP contribution in [0, 0.1) is 17.1 Å². The minimum Gasteiger partial charge on any atom is -0.484 e. The van der Waals surface area contributed by atoms with Gasteiger partial charge in [-0.3, -0.25) is 4.79 Å². The largest absolute Gasteiger partial charge is 0.484 e. The minimum atomic E-state index is -0.627. The summed E-state index contributed by atoms with van der Waals surface area (Å²) in [5.41, 5.74) is 3.00. The zero-order valence-corrected chi connectivity index (χ0v) is 23.8. The molecular weight excluding hydrogens is 567 g/mol. The highest BCUT2D eigenvalue weighted by molar-refractivity contribution is 5.98. The molecule has 0 saturated carbocycles. The van der Waals surface area contributed by atoms with E-state index >= 15 is 0 Å². The molecule has 0 bridgehead atoms. The van der Waals surface area contributed by atoms with Crippen molar-refractivity contribution in [1.82, 2.24) is 4.98 Å². The summed E-state index contributed by atoms with van der Waals surface area (Å²) in [5.74, 6) is -0.480. The average Bonchev–Trinajstić information content (AvgIpc) is 3.01. The van der Waals surface area contributed by atoms with Crippen LogP contribution in [0.4, 0.5) is 15.8 Å². The molecular formula is C33H29FN4O6. The fourth-order valence-electron chi connectivity index (χ4n) is 4.32. The highest BCUT2D eigenvalue weighted by atomic mass is 19.1. The Labute approximate surface area is 253 Å². The van der Waals surface area contributed by atoms with E-state index in [1.807, 2.05) is 6.07 Å². The van der Waals surface area contributed by atoms with Crippen molar-refractivity contribution in [2.75, 3.05) is 30.9 Å². The van der Waals surface area contributed by atoms with Crippen LogP contribution in [0.3, 0.4) is 0 Å². The second-order valence-electron chi connectivity index (χ2n) is 9.90. The van der Waals surface area contributed by atoms with Crippen LogP contribution in [-0.2, 0) is 27.3 Å². The SMILES string of the molecule is COC(=O)c1ccc(NC(=O)Cc2ccc(Oc3cccc(COc4ccc(C#N)cc4F)n3)cc2)c(NC[C@@H]2CCO2)c1. The molecule has 1 aromatic heterocycles. The highest BCUT2D eigenvalue weighted by Crippen LogP contribution is 2.26. The number of halogens is 1. The van der Waals surface area contributed by atoms with Crippen molar-refractivity contribution in [2.24, 2.45) is 0 Å². The van der Waals surface area contributed by atoms with Crippen LogP contribution in [0.5, 0.6) is 17.4 Å². The molecule has 11 heteroatoms. The molecule has 2 heterocycles. The number of ether oxygens (including phenoxy) is 4. The number of pyridine rings is 1. The lowest BCUT2D eigenvalue weighted by atomic mass is 10.1. The van der Waals surface area contributed by atoms with E-state index in [2.05, 4.69) is 15.6 Å². The molecule has 0 spiro atoms. The van der Waals surface area contributed by atoms with Crippen LogP contribution in [0.15, 0.2) is 78.9 Å². The first-order valence-electron chi connectivity index (χ1n) is 13.8. The maximum Gasteiger partial charge on any atom is 0.337 e. The Bertz CT molecular complexity index is 1680. The lowest BCUT2D eigenvalue weighted by molar-refractivity contribution is -0.115. The molecule has 224 valence electrons. The molecule has 2 N–H and O–H groups in total. The number of nitrogens with zero attached hydrogens (tertiary/aromatic N) is 2. The smallest absolute Gasteiger partial charge is 0.337 e. The summed E-state index contributed by atoms with van der Waals surface area (Å²) >= 11 is 0. The number of hydrogen-bond donors (Lipinski definition) is 2. The molecule has 1 atom stereocenters. The normalized spacial score (nSPS) is 13.6. The zero-order valence-electron chi connectivity index (χ0n) is 23.8. The van der Waals surface area contributed by atoms with Gasteiger partial charge >= 0.3 is 5.97 Å². The van der Waals surface area contributed by atoms with Gasteiger partial charge in [-0.15, -0.1) is 0 Å². The van der Waals surface area contributed by atoms with Gasteiger partial charge in [-0.1, -0.05) is 18.2 Å². The number of rotatable bonds is 12. The maximum absolute atomic E-state index is 14.1. The van der Waals surface area contributed by atoms with Crippen LogP contribution in [0.2, 0.25) is 0 Å². The standard InChI is InChI=1S/C33H29FN4O6/c1-41-33(40)23-8-11-28(29(17-23)36-19-26-13-14-42-26)38-31(39)16-21-5-9-25(10-6-21)44-32-4-2-3-24(37-32)20-43-30-12-7-22(18-35)15-27(30)34/h2-12,15,17,26,36H,13-14,16,19-20H2,1H3,(H,38,39)/t26-/m0/s1. The summed E-state index contributed by atoms with van der Waals surface area (Å²) in [6.07, 6.45) is 1.15. The van der Waals surface area contributed by atoms with E-state index in [9.17, 15) is 14.0 Å². The molecule has 0 unspecified atom stereocenters. The van der Waals surface area contributed by atoms with E-state index < -0.39 is 11.8 Å². The highest BCUT2D eigenvalue weighted by Gasteiger charge is 2.19. The Kier molecular flexibility index (Phi) is 9.64. The Morgan fingerprint density at radius 2 is 1.89 bits per heavy atom. The minimum absolute atomic E-state index is 0.00504. The van der Waals surface area contributed by atoms with E-state index in [-0.39, 0.29) is 36.4 Å². The van der Waals surface area contributed by atoms with Gasteiger partial charge in [0.05, 0.1) is 53.9 Å². The third-order valence-corrected chi connectivity index (χ3v) is 6.76. The number of nitrogens with one attached hydrogen (secondary N) is 2. The van der Waals surface area contributed by atoms with Gasteiger partial charge in [0.15, 0.2) is 11.6 Å². The summed E-state index contributed by atoms with van der Waals surface area (Å²) < 4.78 is 35.8. The molecule has 0 radical (unpaired) electrons. The number of aromatic nitrogens is 1. The molecule has 3 aromatic carbocycles. The lowest BCUT2D eigenvalue weighted by Gasteiger charge is -2.27.